The largest absolute Gasteiger partial charge is 0.433 e. The molecule has 1 aromatic rings. The first-order valence-electron chi connectivity index (χ1n) is 5.63. The highest BCUT2D eigenvalue weighted by atomic mass is 32.2. The van der Waals surface area contributed by atoms with Gasteiger partial charge in [0.2, 0.25) is 0 Å². The Labute approximate surface area is 109 Å². The van der Waals surface area contributed by atoms with Gasteiger partial charge < -0.3 is 4.42 Å². The van der Waals surface area contributed by atoms with Crippen molar-refractivity contribution in [2.75, 3.05) is 18.1 Å². The molecule has 1 saturated heterocycles. The van der Waals surface area contributed by atoms with E-state index in [1.54, 1.807) is 11.9 Å². The first-order valence-corrected chi connectivity index (χ1v) is 7.45. The van der Waals surface area contributed by atoms with Crippen molar-refractivity contribution in [3.05, 3.63) is 28.0 Å². The number of rotatable bonds is 3. The van der Waals surface area contributed by atoms with Crippen molar-refractivity contribution in [2.45, 2.75) is 13.0 Å². The Kier molecular flexibility index (Phi) is 3.56. The maximum atomic E-state index is 11.4. The Morgan fingerprint density at radius 1 is 1.58 bits per heavy atom. The van der Waals surface area contributed by atoms with Crippen LogP contribution >= 0.6 is 0 Å². The van der Waals surface area contributed by atoms with Gasteiger partial charge in [-0.1, -0.05) is 0 Å². The molecule has 104 valence electrons. The zero-order valence-electron chi connectivity index (χ0n) is 10.2. The van der Waals surface area contributed by atoms with Crippen LogP contribution in [0.4, 0.5) is 5.88 Å². The molecule has 0 radical (unpaired) electrons. The summed E-state index contributed by atoms with van der Waals surface area (Å²) in [7, 11) is -2.98. The van der Waals surface area contributed by atoms with Crippen molar-refractivity contribution in [3.8, 4) is 0 Å². The Hall–Kier alpha value is -1.90. The summed E-state index contributed by atoms with van der Waals surface area (Å²) in [4.78, 5) is 9.80. The lowest BCUT2D eigenvalue weighted by Crippen LogP contribution is -2.43. The van der Waals surface area contributed by atoms with Crippen LogP contribution in [0.25, 0.3) is 0 Å². The SMILES string of the molecule is C[C@H]1CS(=O)(=O)CCN1/N=C\c1ccc([N+](=O)[O-])o1. The predicted octanol–water partition coefficient (Wildman–Crippen LogP) is 0.641. The molecule has 8 nitrogen and oxygen atoms in total. The van der Waals surface area contributed by atoms with Gasteiger partial charge >= 0.3 is 5.88 Å². The summed E-state index contributed by atoms with van der Waals surface area (Å²) in [6.07, 6.45) is 1.35. The van der Waals surface area contributed by atoms with Crippen LogP contribution in [-0.2, 0) is 9.84 Å². The Morgan fingerprint density at radius 2 is 2.32 bits per heavy atom. The van der Waals surface area contributed by atoms with E-state index in [4.69, 9.17) is 4.42 Å². The van der Waals surface area contributed by atoms with E-state index in [9.17, 15) is 18.5 Å². The molecule has 1 atom stereocenters. The van der Waals surface area contributed by atoms with Gasteiger partial charge in [-0.05, 0) is 13.0 Å². The van der Waals surface area contributed by atoms with Crippen molar-refractivity contribution in [1.29, 1.82) is 0 Å². The smallest absolute Gasteiger partial charge is 0.400 e. The molecule has 19 heavy (non-hydrogen) atoms. The Morgan fingerprint density at radius 3 is 2.89 bits per heavy atom. The molecule has 0 aromatic carbocycles. The van der Waals surface area contributed by atoms with Crippen LogP contribution in [-0.4, -0.2) is 48.7 Å². The molecule has 0 spiro atoms. The molecule has 1 aromatic heterocycles. The predicted molar refractivity (Wildman–Crippen MR) is 67.8 cm³/mol. The Balaban J connectivity index is 2.04. The van der Waals surface area contributed by atoms with E-state index in [1.165, 1.54) is 18.3 Å². The standard InChI is InChI=1S/C10H13N3O5S/c1-8-7-19(16,17)5-4-12(8)11-6-9-2-3-10(18-9)13(14)15/h2-3,6,8H,4-5,7H2,1H3/b11-6-/t8-/m0/s1. The molecular formula is C10H13N3O5S. The summed E-state index contributed by atoms with van der Waals surface area (Å²) >= 11 is 0. The molecule has 0 bridgehead atoms. The lowest BCUT2D eigenvalue weighted by atomic mass is 10.4. The van der Waals surface area contributed by atoms with Crippen LogP contribution in [0.3, 0.4) is 0 Å². The van der Waals surface area contributed by atoms with Gasteiger partial charge in [0.05, 0.1) is 36.4 Å². The first kappa shape index (κ1) is 13.5. The number of nitrogens with zero attached hydrogens (tertiary/aromatic N) is 3. The third-order valence-electron chi connectivity index (χ3n) is 2.76. The molecule has 0 amide bonds. The summed E-state index contributed by atoms with van der Waals surface area (Å²) in [6, 6.07) is 2.46. The van der Waals surface area contributed by atoms with E-state index < -0.39 is 14.8 Å². The molecule has 0 aliphatic carbocycles. The quantitative estimate of drug-likeness (QED) is 0.459. The summed E-state index contributed by atoms with van der Waals surface area (Å²) in [6.45, 7) is 2.07. The number of nitro groups is 1. The molecule has 1 aliphatic rings. The highest BCUT2D eigenvalue weighted by Crippen LogP contribution is 2.15. The van der Waals surface area contributed by atoms with E-state index in [2.05, 4.69) is 5.10 Å². The van der Waals surface area contributed by atoms with Gasteiger partial charge in [-0.2, -0.15) is 5.10 Å². The number of sulfone groups is 1. The van der Waals surface area contributed by atoms with Crippen LogP contribution in [0.5, 0.6) is 0 Å². The van der Waals surface area contributed by atoms with Gasteiger partial charge in [-0.25, -0.2) is 8.42 Å². The van der Waals surface area contributed by atoms with Crippen molar-refractivity contribution < 1.29 is 17.8 Å². The summed E-state index contributed by atoms with van der Waals surface area (Å²) in [5, 5.41) is 16.2. The molecular weight excluding hydrogens is 274 g/mol. The molecule has 1 aliphatic heterocycles. The van der Waals surface area contributed by atoms with Crippen LogP contribution < -0.4 is 0 Å². The van der Waals surface area contributed by atoms with E-state index in [0.717, 1.165) is 0 Å². The van der Waals surface area contributed by atoms with Crippen LogP contribution in [0, 0.1) is 10.1 Å². The second kappa shape index (κ2) is 5.00. The zero-order valence-corrected chi connectivity index (χ0v) is 11.0. The molecule has 9 heteroatoms. The van der Waals surface area contributed by atoms with Crippen LogP contribution in [0.15, 0.2) is 21.7 Å². The minimum absolute atomic E-state index is 0.0582. The van der Waals surface area contributed by atoms with Gasteiger partial charge in [-0.15, -0.1) is 0 Å². The van der Waals surface area contributed by atoms with Crippen molar-refractivity contribution >= 4 is 21.9 Å². The number of hydrazone groups is 1. The molecule has 1 fully saturated rings. The van der Waals surface area contributed by atoms with E-state index in [0.29, 0.717) is 6.54 Å². The minimum atomic E-state index is -2.98. The summed E-state index contributed by atoms with van der Waals surface area (Å²) in [5.74, 6) is 0.0263. The monoisotopic (exact) mass is 287 g/mol. The van der Waals surface area contributed by atoms with Gasteiger partial charge in [0, 0.05) is 0 Å². The van der Waals surface area contributed by atoms with Gasteiger partial charge in [0.1, 0.15) is 4.92 Å². The van der Waals surface area contributed by atoms with Gasteiger partial charge in [0.15, 0.2) is 15.6 Å². The molecule has 0 N–H and O–H groups in total. The molecule has 2 heterocycles. The lowest BCUT2D eigenvalue weighted by molar-refractivity contribution is -0.402. The Bertz CT molecular complexity index is 606. The van der Waals surface area contributed by atoms with Gasteiger partial charge in [0.25, 0.3) is 0 Å². The number of hydrogen-bond acceptors (Lipinski definition) is 7. The zero-order chi connectivity index (χ0) is 14.0. The normalized spacial score (nSPS) is 22.8. The van der Waals surface area contributed by atoms with Crippen LogP contribution in [0.2, 0.25) is 0 Å². The molecule has 2 rings (SSSR count). The maximum Gasteiger partial charge on any atom is 0.433 e. The second-order valence-electron chi connectivity index (χ2n) is 4.30. The first-order chi connectivity index (χ1) is 8.87. The van der Waals surface area contributed by atoms with E-state index in [1.807, 2.05) is 0 Å². The molecule has 0 unspecified atom stereocenters. The second-order valence-corrected chi connectivity index (χ2v) is 6.53. The van der Waals surface area contributed by atoms with Gasteiger partial charge in [-0.3, -0.25) is 15.1 Å². The topological polar surface area (TPSA) is 106 Å². The van der Waals surface area contributed by atoms with Crippen LogP contribution in [0.1, 0.15) is 12.7 Å². The third-order valence-corrected chi connectivity index (χ3v) is 4.56. The highest BCUT2D eigenvalue weighted by molar-refractivity contribution is 7.91. The fraction of sp³-hybridized carbons (Fsp3) is 0.500. The van der Waals surface area contributed by atoms with Crippen molar-refractivity contribution in [1.82, 2.24) is 5.01 Å². The fourth-order valence-corrected chi connectivity index (χ4v) is 3.34. The van der Waals surface area contributed by atoms with E-state index >= 15 is 0 Å². The summed E-state index contributed by atoms with van der Waals surface area (Å²) < 4.78 is 27.7. The van der Waals surface area contributed by atoms with Crippen molar-refractivity contribution in [2.24, 2.45) is 5.10 Å². The van der Waals surface area contributed by atoms with E-state index in [-0.39, 0.29) is 29.2 Å². The maximum absolute atomic E-state index is 11.4. The average molecular weight is 287 g/mol. The average Bonchev–Trinajstić information content (AvgIpc) is 2.75. The fourth-order valence-electron chi connectivity index (χ4n) is 1.80. The number of furan rings is 1. The number of hydrogen-bond donors (Lipinski definition) is 0. The lowest BCUT2D eigenvalue weighted by Gasteiger charge is -2.30. The minimum Gasteiger partial charge on any atom is -0.400 e. The summed E-state index contributed by atoms with van der Waals surface area (Å²) in [5.41, 5.74) is 0. The highest BCUT2D eigenvalue weighted by Gasteiger charge is 2.27. The van der Waals surface area contributed by atoms with Crippen molar-refractivity contribution in [3.63, 3.8) is 0 Å². The third kappa shape index (κ3) is 3.31. The molecule has 0 saturated carbocycles.